The maximum absolute atomic E-state index is 11.4. The Morgan fingerprint density at radius 3 is 2.39 bits per heavy atom. The number of nitrogens with zero attached hydrogens (tertiary/aromatic N) is 1. The van der Waals surface area contributed by atoms with Crippen molar-refractivity contribution in [2.75, 3.05) is 0 Å². The van der Waals surface area contributed by atoms with Crippen LogP contribution in [0.4, 0.5) is 0 Å². The van der Waals surface area contributed by atoms with Gasteiger partial charge < -0.3 is 5.73 Å². The minimum atomic E-state index is -0.480. The van der Waals surface area contributed by atoms with Crippen molar-refractivity contribution < 1.29 is 4.79 Å². The second-order valence-electron chi connectivity index (χ2n) is 3.41. The number of amides is 1. The van der Waals surface area contributed by atoms with Crippen LogP contribution in [0.15, 0.2) is 24.3 Å². The van der Waals surface area contributed by atoms with E-state index < -0.39 is 5.91 Å². The summed E-state index contributed by atoms with van der Waals surface area (Å²) in [4.78, 5) is 16.2. The van der Waals surface area contributed by atoms with Gasteiger partial charge in [0.1, 0.15) is 13.6 Å². The molecule has 1 aromatic carbocycles. The fourth-order valence-electron chi connectivity index (χ4n) is 1.37. The Bertz CT molecular complexity index is 583. The first-order chi connectivity index (χ1) is 8.49. The van der Waals surface area contributed by atoms with Crippen LogP contribution in [-0.4, -0.2) is 10.9 Å². The SMILES string of the molecule is NC(=O)c1sc(-c2ccc(Cl)cc2)nc1C(Br)Br. The van der Waals surface area contributed by atoms with Crippen LogP contribution in [0.2, 0.25) is 5.02 Å². The number of benzene rings is 1. The van der Waals surface area contributed by atoms with Crippen LogP contribution < -0.4 is 5.73 Å². The van der Waals surface area contributed by atoms with E-state index in [2.05, 4.69) is 36.8 Å². The molecule has 0 aliphatic rings. The summed E-state index contributed by atoms with van der Waals surface area (Å²) >= 11 is 13.8. The number of hydrogen-bond donors (Lipinski definition) is 1. The fraction of sp³-hybridized carbons (Fsp3) is 0.0909. The molecule has 1 amide bonds. The molecule has 2 N–H and O–H groups in total. The molecular formula is C11H7Br2ClN2OS. The Morgan fingerprint density at radius 2 is 1.94 bits per heavy atom. The van der Waals surface area contributed by atoms with Gasteiger partial charge in [-0.25, -0.2) is 4.98 Å². The fourth-order valence-corrected chi connectivity index (χ4v) is 3.42. The van der Waals surface area contributed by atoms with E-state index in [9.17, 15) is 4.79 Å². The van der Waals surface area contributed by atoms with Crippen molar-refractivity contribution >= 4 is 60.7 Å². The number of carbonyl (C=O) groups excluding carboxylic acids is 1. The molecule has 0 fully saturated rings. The monoisotopic (exact) mass is 408 g/mol. The van der Waals surface area contributed by atoms with Gasteiger partial charge in [-0.3, -0.25) is 4.79 Å². The molecule has 0 radical (unpaired) electrons. The third-order valence-corrected chi connectivity index (χ3v) is 4.43. The lowest BCUT2D eigenvalue weighted by Crippen LogP contribution is -2.11. The molecule has 0 aliphatic carbocycles. The molecule has 0 atom stereocenters. The van der Waals surface area contributed by atoms with Crippen LogP contribution in [-0.2, 0) is 0 Å². The standard InChI is InChI=1S/C11H7Br2ClN2OS/c12-9(13)7-8(10(15)17)18-11(16-7)5-1-3-6(14)4-2-5/h1-4,9H,(H2,15,17). The first-order valence-electron chi connectivity index (χ1n) is 4.83. The Balaban J connectivity index is 2.49. The van der Waals surface area contributed by atoms with E-state index in [-0.39, 0.29) is 3.74 Å². The number of primary amides is 1. The van der Waals surface area contributed by atoms with Gasteiger partial charge in [0.05, 0.1) is 5.69 Å². The van der Waals surface area contributed by atoms with Gasteiger partial charge in [0, 0.05) is 10.6 Å². The highest BCUT2D eigenvalue weighted by atomic mass is 79.9. The molecule has 3 nitrogen and oxygen atoms in total. The lowest BCUT2D eigenvalue weighted by Gasteiger charge is -1.98. The van der Waals surface area contributed by atoms with Crippen LogP contribution in [0.25, 0.3) is 10.6 Å². The highest BCUT2D eigenvalue weighted by Crippen LogP contribution is 2.37. The van der Waals surface area contributed by atoms with Crippen LogP contribution in [0.5, 0.6) is 0 Å². The largest absolute Gasteiger partial charge is 0.365 e. The van der Waals surface area contributed by atoms with Gasteiger partial charge in [0.25, 0.3) is 5.91 Å². The van der Waals surface area contributed by atoms with Crippen molar-refractivity contribution in [3.8, 4) is 10.6 Å². The van der Waals surface area contributed by atoms with Gasteiger partial charge in [0.2, 0.25) is 0 Å². The Hall–Kier alpha value is -0.430. The minimum absolute atomic E-state index is 0.204. The topological polar surface area (TPSA) is 56.0 Å². The Labute approximate surface area is 130 Å². The van der Waals surface area contributed by atoms with Gasteiger partial charge >= 0.3 is 0 Å². The van der Waals surface area contributed by atoms with Gasteiger partial charge in [-0.05, 0) is 12.1 Å². The zero-order valence-electron chi connectivity index (χ0n) is 8.86. The summed E-state index contributed by atoms with van der Waals surface area (Å²) in [6.07, 6.45) is 0. The highest BCUT2D eigenvalue weighted by Gasteiger charge is 2.20. The van der Waals surface area contributed by atoms with E-state index in [0.717, 1.165) is 10.6 Å². The molecule has 2 aromatic rings. The molecule has 1 heterocycles. The number of halogens is 3. The molecule has 0 saturated carbocycles. The lowest BCUT2D eigenvalue weighted by molar-refractivity contribution is 0.100. The summed E-state index contributed by atoms with van der Waals surface area (Å²) in [6, 6.07) is 7.27. The van der Waals surface area contributed by atoms with Crippen LogP contribution in [0.3, 0.4) is 0 Å². The number of carbonyl (C=O) groups is 1. The van der Waals surface area contributed by atoms with Crippen LogP contribution in [0.1, 0.15) is 19.1 Å². The molecule has 0 spiro atoms. The second kappa shape index (κ2) is 5.69. The quantitative estimate of drug-likeness (QED) is 0.765. The van der Waals surface area contributed by atoms with Crippen LogP contribution in [0, 0.1) is 0 Å². The van der Waals surface area contributed by atoms with E-state index in [4.69, 9.17) is 17.3 Å². The molecule has 7 heteroatoms. The van der Waals surface area contributed by atoms with Crippen molar-refractivity contribution in [2.45, 2.75) is 3.74 Å². The summed E-state index contributed by atoms with van der Waals surface area (Å²) < 4.78 is -0.204. The maximum atomic E-state index is 11.4. The molecular weight excluding hydrogens is 403 g/mol. The zero-order valence-corrected chi connectivity index (χ0v) is 13.6. The summed E-state index contributed by atoms with van der Waals surface area (Å²) in [6.45, 7) is 0. The smallest absolute Gasteiger partial charge is 0.260 e. The minimum Gasteiger partial charge on any atom is -0.365 e. The number of thiazole rings is 1. The third kappa shape index (κ3) is 2.93. The molecule has 2 rings (SSSR count). The molecule has 0 bridgehead atoms. The second-order valence-corrected chi connectivity index (χ2v) is 7.90. The van der Waals surface area contributed by atoms with Gasteiger partial charge in [-0.15, -0.1) is 11.3 Å². The average molecular weight is 411 g/mol. The number of nitrogens with two attached hydrogens (primary N) is 1. The molecule has 0 unspecified atom stereocenters. The van der Waals surface area contributed by atoms with Crippen molar-refractivity contribution in [1.82, 2.24) is 4.98 Å². The first-order valence-corrected chi connectivity index (χ1v) is 7.86. The van der Waals surface area contributed by atoms with Crippen molar-refractivity contribution in [1.29, 1.82) is 0 Å². The average Bonchev–Trinajstić information content (AvgIpc) is 2.75. The molecule has 0 saturated heterocycles. The highest BCUT2D eigenvalue weighted by molar-refractivity contribution is 9.24. The molecule has 1 aromatic heterocycles. The predicted octanol–water partition coefficient (Wildman–Crippen LogP) is 4.35. The summed E-state index contributed by atoms with van der Waals surface area (Å²) in [5.41, 5.74) is 6.83. The van der Waals surface area contributed by atoms with Gasteiger partial charge in [-0.1, -0.05) is 55.6 Å². The van der Waals surface area contributed by atoms with Crippen molar-refractivity contribution in [3.05, 3.63) is 39.9 Å². The summed E-state index contributed by atoms with van der Waals surface area (Å²) in [5.74, 6) is -0.480. The van der Waals surface area contributed by atoms with E-state index in [1.807, 2.05) is 12.1 Å². The van der Waals surface area contributed by atoms with E-state index in [0.29, 0.717) is 15.6 Å². The van der Waals surface area contributed by atoms with Crippen molar-refractivity contribution in [2.24, 2.45) is 5.73 Å². The number of aromatic nitrogens is 1. The third-order valence-electron chi connectivity index (χ3n) is 2.18. The van der Waals surface area contributed by atoms with Crippen molar-refractivity contribution in [3.63, 3.8) is 0 Å². The van der Waals surface area contributed by atoms with Gasteiger partial charge in [-0.2, -0.15) is 0 Å². The predicted molar refractivity (Wildman–Crippen MR) is 81.7 cm³/mol. The lowest BCUT2D eigenvalue weighted by atomic mass is 10.2. The maximum Gasteiger partial charge on any atom is 0.260 e. The molecule has 94 valence electrons. The van der Waals surface area contributed by atoms with Crippen LogP contribution >= 0.6 is 54.8 Å². The molecule has 18 heavy (non-hydrogen) atoms. The summed E-state index contributed by atoms with van der Waals surface area (Å²) in [7, 11) is 0. The Kier molecular flexibility index (Phi) is 4.42. The first kappa shape index (κ1) is 14.0. The number of hydrogen-bond acceptors (Lipinski definition) is 3. The van der Waals surface area contributed by atoms with E-state index >= 15 is 0 Å². The molecule has 0 aliphatic heterocycles. The number of alkyl halides is 2. The zero-order chi connectivity index (χ0) is 13.3. The summed E-state index contributed by atoms with van der Waals surface area (Å²) in [5, 5.41) is 1.39. The Morgan fingerprint density at radius 1 is 1.33 bits per heavy atom. The van der Waals surface area contributed by atoms with E-state index in [1.54, 1.807) is 12.1 Å². The van der Waals surface area contributed by atoms with Gasteiger partial charge in [0.15, 0.2) is 0 Å². The number of rotatable bonds is 3. The van der Waals surface area contributed by atoms with E-state index in [1.165, 1.54) is 11.3 Å². The normalized spacial score (nSPS) is 10.9.